The Morgan fingerprint density at radius 3 is 2.50 bits per heavy atom. The van der Waals surface area contributed by atoms with E-state index in [-0.39, 0.29) is 36.9 Å². The number of aromatic nitrogens is 3. The fourth-order valence-corrected chi connectivity index (χ4v) is 7.94. The highest BCUT2D eigenvalue weighted by atomic mass is 79.9. The molecular weight excluding hydrogens is 725 g/mol. The number of pyridine rings is 1. The minimum atomic E-state index is -1.85. The van der Waals surface area contributed by atoms with Gasteiger partial charge in [-0.15, -0.1) is 11.8 Å². The van der Waals surface area contributed by atoms with Crippen LogP contribution in [0.3, 0.4) is 0 Å². The van der Waals surface area contributed by atoms with E-state index in [1.54, 1.807) is 31.6 Å². The third-order valence-corrected chi connectivity index (χ3v) is 10.9. The molecule has 2 saturated heterocycles. The average Bonchev–Trinajstić information content (AvgIpc) is 3.41. The Morgan fingerprint density at radius 1 is 1.19 bits per heavy atom. The summed E-state index contributed by atoms with van der Waals surface area (Å²) in [6.07, 6.45) is 5.54. The molecule has 2 aliphatic heterocycles. The van der Waals surface area contributed by atoms with Gasteiger partial charge >= 0.3 is 6.09 Å². The van der Waals surface area contributed by atoms with Crippen LogP contribution in [0.25, 0.3) is 11.1 Å². The number of likely N-dealkylation sites (tertiary alicyclic amines) is 2. The van der Waals surface area contributed by atoms with Crippen molar-refractivity contribution >= 4 is 57.2 Å². The molecule has 3 amide bonds. The number of nitrogens with zero attached hydrogens (tertiary/aromatic N) is 6. The van der Waals surface area contributed by atoms with Gasteiger partial charge in [0.1, 0.15) is 28.7 Å². The molecule has 3 fully saturated rings. The molecule has 48 heavy (non-hydrogen) atoms. The summed E-state index contributed by atoms with van der Waals surface area (Å²) < 4.78 is 23.4. The van der Waals surface area contributed by atoms with Crippen molar-refractivity contribution in [3.63, 3.8) is 0 Å². The lowest BCUT2D eigenvalue weighted by Gasteiger charge is -2.52. The van der Waals surface area contributed by atoms with Gasteiger partial charge in [-0.1, -0.05) is 17.7 Å². The number of hydrogen-bond donors (Lipinski definition) is 1. The summed E-state index contributed by atoms with van der Waals surface area (Å²) in [5, 5.41) is 17.0. The Hall–Kier alpha value is -3.67. The molecule has 11 nitrogen and oxygen atoms in total. The zero-order chi connectivity index (χ0) is 34.6. The SMILES string of the molecule is Cn1cc(-c2ccc(SC3C[C@@H](C(=O)NC4(C#N)CC4)N(C(=O)C4(c5ncc(Br)cc5F)CCN4C(=O)OC(C)(C)C)C3)c(Cl)c2)cn1. The monoisotopic (exact) mass is 757 g/mol. The highest BCUT2D eigenvalue weighted by Gasteiger charge is 2.62. The van der Waals surface area contributed by atoms with Crippen molar-refractivity contribution in [1.29, 1.82) is 5.26 Å². The molecule has 3 atom stereocenters. The number of thioether (sulfide) groups is 1. The number of hydrogen-bond acceptors (Lipinski definition) is 8. The van der Waals surface area contributed by atoms with Crippen LogP contribution in [0.15, 0.2) is 52.2 Å². The lowest BCUT2D eigenvalue weighted by Crippen LogP contribution is -2.69. The van der Waals surface area contributed by atoms with Gasteiger partial charge in [-0.2, -0.15) is 10.4 Å². The first-order chi connectivity index (χ1) is 22.6. The summed E-state index contributed by atoms with van der Waals surface area (Å²) in [6.45, 7) is 5.33. The van der Waals surface area contributed by atoms with Crippen LogP contribution in [-0.4, -0.2) is 78.0 Å². The molecule has 1 aliphatic carbocycles. The first-order valence-corrected chi connectivity index (χ1v) is 17.5. The number of carbonyl (C=O) groups excluding carboxylic acids is 3. The van der Waals surface area contributed by atoms with Gasteiger partial charge in [0.15, 0.2) is 5.54 Å². The number of aryl methyl sites for hydroxylation is 1. The van der Waals surface area contributed by atoms with Crippen LogP contribution in [0.4, 0.5) is 9.18 Å². The highest BCUT2D eigenvalue weighted by molar-refractivity contribution is 9.10. The van der Waals surface area contributed by atoms with Gasteiger partial charge in [0.2, 0.25) is 5.91 Å². The quantitative estimate of drug-likeness (QED) is 0.320. The van der Waals surface area contributed by atoms with Crippen LogP contribution in [0, 0.1) is 17.1 Å². The number of halogens is 3. The Labute approximate surface area is 295 Å². The molecule has 4 heterocycles. The normalized spacial score (nSPS) is 22.9. The van der Waals surface area contributed by atoms with E-state index < -0.39 is 46.4 Å². The Bertz CT molecular complexity index is 1840. The minimum absolute atomic E-state index is 0.0725. The first kappa shape index (κ1) is 34.2. The van der Waals surface area contributed by atoms with Crippen LogP contribution in [0.2, 0.25) is 5.02 Å². The molecule has 3 aliphatic rings. The molecular formula is C33H34BrClFN7O4S. The second kappa shape index (κ2) is 12.7. The van der Waals surface area contributed by atoms with Crippen molar-refractivity contribution in [2.45, 2.75) is 79.3 Å². The van der Waals surface area contributed by atoms with Crippen LogP contribution in [0.1, 0.15) is 52.1 Å². The maximum absolute atomic E-state index is 15.7. The van der Waals surface area contributed by atoms with Gasteiger partial charge in [0.05, 0.1) is 17.3 Å². The average molecular weight is 759 g/mol. The molecule has 0 radical (unpaired) electrons. The number of amides is 3. The Kier molecular flexibility index (Phi) is 9.02. The molecule has 252 valence electrons. The summed E-state index contributed by atoms with van der Waals surface area (Å²) in [5.41, 5.74) is -2.13. The van der Waals surface area contributed by atoms with Crippen LogP contribution in [0.5, 0.6) is 0 Å². The zero-order valence-corrected chi connectivity index (χ0v) is 30.0. The third kappa shape index (κ3) is 6.52. The van der Waals surface area contributed by atoms with Gasteiger partial charge < -0.3 is 15.0 Å². The standard InChI is InChI=1S/C33H34BrClFN7O4S/c1-31(2,3)47-30(46)43-10-9-33(43,27-24(36)12-21(34)15-38-27)29(45)42-17-22(13-25(42)28(44)40-32(18-37)7-8-32)48-26-6-5-19(11-23(26)35)20-14-39-41(4)16-20/h5-6,11-12,14-16,22,25H,7-10,13,17H2,1-4H3,(H,40,44)/t22?,25-,33?/m0/s1. The Balaban J connectivity index is 1.34. The summed E-state index contributed by atoms with van der Waals surface area (Å²) in [5.74, 6) is -1.90. The third-order valence-electron chi connectivity index (χ3n) is 8.74. The molecule has 15 heteroatoms. The van der Waals surface area contributed by atoms with E-state index in [1.807, 2.05) is 31.4 Å². The van der Waals surface area contributed by atoms with Gasteiger partial charge in [-0.25, -0.2) is 9.18 Å². The van der Waals surface area contributed by atoms with Crippen molar-refractivity contribution < 1.29 is 23.5 Å². The molecule has 0 spiro atoms. The van der Waals surface area contributed by atoms with Crippen LogP contribution in [-0.2, 0) is 26.9 Å². The van der Waals surface area contributed by atoms with Crippen LogP contribution >= 0.6 is 39.3 Å². The molecule has 2 unspecified atom stereocenters. The maximum Gasteiger partial charge on any atom is 0.411 e. The number of carbonyl (C=O) groups is 3. The van der Waals surface area contributed by atoms with Crippen molar-refractivity contribution in [1.82, 2.24) is 29.9 Å². The summed E-state index contributed by atoms with van der Waals surface area (Å²) in [6, 6.07) is 8.03. The van der Waals surface area contributed by atoms with E-state index in [4.69, 9.17) is 16.3 Å². The van der Waals surface area contributed by atoms with E-state index in [2.05, 4.69) is 37.4 Å². The fraction of sp³-hybridized carbons (Fsp3) is 0.455. The smallest absolute Gasteiger partial charge is 0.411 e. The van der Waals surface area contributed by atoms with Crippen molar-refractivity contribution in [3.05, 3.63) is 63.9 Å². The minimum Gasteiger partial charge on any atom is -0.444 e. The van der Waals surface area contributed by atoms with Gasteiger partial charge in [0.25, 0.3) is 5.91 Å². The zero-order valence-electron chi connectivity index (χ0n) is 26.8. The van der Waals surface area contributed by atoms with E-state index in [9.17, 15) is 19.6 Å². The highest BCUT2D eigenvalue weighted by Crippen LogP contribution is 2.47. The molecule has 0 bridgehead atoms. The first-order valence-electron chi connectivity index (χ1n) is 15.5. The number of benzene rings is 1. The van der Waals surface area contributed by atoms with Gasteiger partial charge in [0, 0.05) is 59.1 Å². The number of rotatable bonds is 7. The van der Waals surface area contributed by atoms with E-state index in [1.165, 1.54) is 33.8 Å². The van der Waals surface area contributed by atoms with Crippen molar-refractivity contribution in [2.75, 3.05) is 13.1 Å². The lowest BCUT2D eigenvalue weighted by molar-refractivity contribution is -0.158. The molecule has 1 N–H and O–H groups in total. The Morgan fingerprint density at radius 2 is 1.94 bits per heavy atom. The van der Waals surface area contributed by atoms with E-state index >= 15 is 4.39 Å². The van der Waals surface area contributed by atoms with Crippen molar-refractivity contribution in [2.24, 2.45) is 7.05 Å². The lowest BCUT2D eigenvalue weighted by atomic mass is 9.79. The fourth-order valence-electron chi connectivity index (χ4n) is 6.13. The predicted molar refractivity (Wildman–Crippen MR) is 180 cm³/mol. The second-order valence-corrected chi connectivity index (χ2v) is 16.1. The molecule has 1 saturated carbocycles. The van der Waals surface area contributed by atoms with E-state index in [0.29, 0.717) is 22.3 Å². The molecule has 2 aromatic heterocycles. The largest absolute Gasteiger partial charge is 0.444 e. The topological polar surface area (TPSA) is 133 Å². The number of nitriles is 1. The number of nitrogens with one attached hydrogen (secondary N) is 1. The summed E-state index contributed by atoms with van der Waals surface area (Å²) in [4.78, 5) is 49.8. The van der Waals surface area contributed by atoms with Gasteiger partial charge in [-0.3, -0.25) is 24.2 Å². The molecule has 1 aromatic carbocycles. The second-order valence-electron chi connectivity index (χ2n) is 13.4. The van der Waals surface area contributed by atoms with Gasteiger partial charge in [-0.05, 0) is 79.7 Å². The van der Waals surface area contributed by atoms with Crippen molar-refractivity contribution in [3.8, 4) is 17.2 Å². The van der Waals surface area contributed by atoms with E-state index in [0.717, 1.165) is 16.0 Å². The number of ether oxygens (including phenoxy) is 1. The predicted octanol–water partition coefficient (Wildman–Crippen LogP) is 5.81. The summed E-state index contributed by atoms with van der Waals surface area (Å²) >= 11 is 11.4. The summed E-state index contributed by atoms with van der Waals surface area (Å²) in [7, 11) is 1.83. The van der Waals surface area contributed by atoms with Crippen LogP contribution < -0.4 is 5.32 Å². The maximum atomic E-state index is 15.7. The molecule has 6 rings (SSSR count). The molecule has 3 aromatic rings.